The molecule has 2 aromatic carbocycles. The average Bonchev–Trinajstić information content (AvgIpc) is 2.44. The molecule has 2 rings (SSSR count). The third kappa shape index (κ3) is 3.10. The number of nitrogens with one attached hydrogen (secondary N) is 1. The number of carbonyl (C=O) groups excluding carboxylic acids is 1. The van der Waals surface area contributed by atoms with Crippen LogP contribution in [0.2, 0.25) is 0 Å². The van der Waals surface area contributed by atoms with Gasteiger partial charge in [-0.05, 0) is 22.9 Å². The summed E-state index contributed by atoms with van der Waals surface area (Å²) in [5.41, 5.74) is 1.42. The Bertz CT molecular complexity index is 709. The van der Waals surface area contributed by atoms with E-state index >= 15 is 0 Å². The van der Waals surface area contributed by atoms with Gasteiger partial charge in [-0.3, -0.25) is 10.0 Å². The van der Waals surface area contributed by atoms with Crippen LogP contribution in [0.1, 0.15) is 6.42 Å². The van der Waals surface area contributed by atoms with Crippen molar-refractivity contribution in [3.05, 3.63) is 42.5 Å². The van der Waals surface area contributed by atoms with Crippen molar-refractivity contribution in [2.75, 3.05) is 5.75 Å². The predicted molar refractivity (Wildman–Crippen MR) is 70.5 cm³/mol. The summed E-state index contributed by atoms with van der Waals surface area (Å²) in [6.07, 6.45) is -0.272. The molecule has 5 nitrogen and oxygen atoms in total. The molecule has 0 fully saturated rings. The van der Waals surface area contributed by atoms with Gasteiger partial charge in [-0.15, -0.1) is 0 Å². The van der Waals surface area contributed by atoms with Crippen LogP contribution in [-0.2, 0) is 14.6 Å². The first kappa shape index (κ1) is 13.5. The van der Waals surface area contributed by atoms with Gasteiger partial charge in [-0.1, -0.05) is 30.3 Å². The quantitative estimate of drug-likeness (QED) is 0.656. The monoisotopic (exact) mass is 279 g/mol. The summed E-state index contributed by atoms with van der Waals surface area (Å²) in [6, 6.07) is 12.3. The Morgan fingerprint density at radius 3 is 2.47 bits per heavy atom. The average molecular weight is 279 g/mol. The highest BCUT2D eigenvalue weighted by Gasteiger charge is 2.16. The minimum absolute atomic E-state index is 0.178. The number of hydrogen-bond donors (Lipinski definition) is 2. The Kier molecular flexibility index (Phi) is 3.82. The fraction of sp³-hybridized carbons (Fsp3) is 0.154. The molecule has 0 aliphatic rings. The molecule has 0 bridgehead atoms. The van der Waals surface area contributed by atoms with Crippen LogP contribution in [0, 0.1) is 0 Å². The van der Waals surface area contributed by atoms with Gasteiger partial charge in [0.15, 0.2) is 9.84 Å². The second-order valence-electron chi connectivity index (χ2n) is 4.11. The van der Waals surface area contributed by atoms with Crippen molar-refractivity contribution in [1.82, 2.24) is 5.48 Å². The highest BCUT2D eigenvalue weighted by Crippen LogP contribution is 2.20. The molecule has 0 spiro atoms. The summed E-state index contributed by atoms with van der Waals surface area (Å²) in [7, 11) is -3.53. The molecular formula is C13H13NO4S. The topological polar surface area (TPSA) is 83.5 Å². The third-order valence-corrected chi connectivity index (χ3v) is 4.52. The lowest BCUT2D eigenvalue weighted by atomic mass is 10.1. The first-order valence-electron chi connectivity index (χ1n) is 5.67. The van der Waals surface area contributed by atoms with Gasteiger partial charge in [-0.2, -0.15) is 0 Å². The zero-order valence-corrected chi connectivity index (χ0v) is 10.9. The van der Waals surface area contributed by atoms with E-state index in [2.05, 4.69) is 0 Å². The lowest BCUT2D eigenvalue weighted by molar-refractivity contribution is -0.128. The summed E-state index contributed by atoms with van der Waals surface area (Å²) in [4.78, 5) is 11.1. The van der Waals surface area contributed by atoms with E-state index in [0.29, 0.717) is 0 Å². The van der Waals surface area contributed by atoms with Crippen LogP contribution in [-0.4, -0.2) is 25.3 Å². The van der Waals surface area contributed by atoms with E-state index in [1.165, 1.54) is 11.5 Å². The van der Waals surface area contributed by atoms with Crippen molar-refractivity contribution in [3.63, 3.8) is 0 Å². The molecule has 0 aliphatic heterocycles. The maximum absolute atomic E-state index is 12.0. The fourth-order valence-corrected chi connectivity index (χ4v) is 3.03. The second-order valence-corrected chi connectivity index (χ2v) is 6.22. The van der Waals surface area contributed by atoms with Crippen LogP contribution in [0.25, 0.3) is 10.8 Å². The highest BCUT2D eigenvalue weighted by atomic mass is 32.2. The minimum Gasteiger partial charge on any atom is -0.289 e. The van der Waals surface area contributed by atoms with Gasteiger partial charge in [0.2, 0.25) is 5.91 Å². The van der Waals surface area contributed by atoms with Gasteiger partial charge in [0, 0.05) is 6.42 Å². The molecule has 6 heteroatoms. The Morgan fingerprint density at radius 2 is 1.79 bits per heavy atom. The van der Waals surface area contributed by atoms with Crippen LogP contribution in [0.4, 0.5) is 0 Å². The van der Waals surface area contributed by atoms with Crippen molar-refractivity contribution < 1.29 is 18.4 Å². The highest BCUT2D eigenvalue weighted by molar-refractivity contribution is 7.91. The minimum atomic E-state index is -3.53. The first-order valence-corrected chi connectivity index (χ1v) is 7.33. The Hall–Kier alpha value is -1.92. The number of hydrogen-bond acceptors (Lipinski definition) is 4. The van der Waals surface area contributed by atoms with Crippen LogP contribution >= 0.6 is 0 Å². The van der Waals surface area contributed by atoms with Gasteiger partial charge >= 0.3 is 0 Å². The van der Waals surface area contributed by atoms with E-state index in [4.69, 9.17) is 5.21 Å². The van der Waals surface area contributed by atoms with E-state index in [9.17, 15) is 13.2 Å². The molecule has 2 aromatic rings. The number of sulfone groups is 1. The molecule has 0 heterocycles. The van der Waals surface area contributed by atoms with Crippen molar-refractivity contribution in [3.8, 4) is 0 Å². The molecule has 0 saturated carbocycles. The van der Waals surface area contributed by atoms with Crippen LogP contribution < -0.4 is 5.48 Å². The Morgan fingerprint density at radius 1 is 1.11 bits per heavy atom. The molecule has 0 aliphatic carbocycles. The van der Waals surface area contributed by atoms with Gasteiger partial charge in [0.1, 0.15) is 0 Å². The van der Waals surface area contributed by atoms with Crippen molar-refractivity contribution >= 4 is 26.5 Å². The van der Waals surface area contributed by atoms with Crippen molar-refractivity contribution in [2.24, 2.45) is 0 Å². The summed E-state index contributed by atoms with van der Waals surface area (Å²) >= 11 is 0. The standard InChI is InChI=1S/C13H13NO4S/c15-13(14-16)7-8-19(17,18)12-6-5-10-3-1-2-4-11(10)9-12/h1-6,9,16H,7-8H2,(H,14,15). The molecule has 2 N–H and O–H groups in total. The molecule has 0 radical (unpaired) electrons. The molecule has 1 amide bonds. The van der Waals surface area contributed by atoms with E-state index in [1.54, 1.807) is 12.1 Å². The summed E-state index contributed by atoms with van der Waals surface area (Å²) < 4.78 is 24.1. The Balaban J connectivity index is 2.30. The van der Waals surface area contributed by atoms with E-state index in [-0.39, 0.29) is 17.1 Å². The SMILES string of the molecule is O=C(CCS(=O)(=O)c1ccc2ccccc2c1)NO. The smallest absolute Gasteiger partial charge is 0.244 e. The number of carbonyl (C=O) groups is 1. The Labute approximate surface area is 110 Å². The maximum atomic E-state index is 12.0. The van der Waals surface area contributed by atoms with Crippen LogP contribution in [0.15, 0.2) is 47.4 Å². The number of benzene rings is 2. The first-order chi connectivity index (χ1) is 9.03. The van der Waals surface area contributed by atoms with Gasteiger partial charge in [-0.25, -0.2) is 13.9 Å². The van der Waals surface area contributed by atoms with Crippen molar-refractivity contribution in [2.45, 2.75) is 11.3 Å². The second kappa shape index (κ2) is 5.38. The third-order valence-electron chi connectivity index (χ3n) is 2.80. The molecule has 19 heavy (non-hydrogen) atoms. The molecule has 0 unspecified atom stereocenters. The van der Waals surface area contributed by atoms with Crippen LogP contribution in [0.5, 0.6) is 0 Å². The largest absolute Gasteiger partial charge is 0.289 e. The van der Waals surface area contributed by atoms with E-state index < -0.39 is 15.7 Å². The molecule has 0 atom stereocenters. The zero-order valence-electron chi connectivity index (χ0n) is 10.0. The zero-order chi connectivity index (χ0) is 13.9. The maximum Gasteiger partial charge on any atom is 0.244 e. The van der Waals surface area contributed by atoms with E-state index in [1.807, 2.05) is 24.3 Å². The van der Waals surface area contributed by atoms with Gasteiger partial charge in [0.05, 0.1) is 10.6 Å². The number of hydroxylamine groups is 1. The predicted octanol–water partition coefficient (Wildman–Crippen LogP) is 1.51. The normalized spacial score (nSPS) is 11.4. The molecule has 0 saturated heterocycles. The molecular weight excluding hydrogens is 266 g/mol. The van der Waals surface area contributed by atoms with Crippen molar-refractivity contribution in [1.29, 1.82) is 0 Å². The summed E-state index contributed by atoms with van der Waals surface area (Å²) in [6.45, 7) is 0. The van der Waals surface area contributed by atoms with Gasteiger partial charge < -0.3 is 0 Å². The fourth-order valence-electron chi connectivity index (χ4n) is 1.76. The lowest BCUT2D eigenvalue weighted by Crippen LogP contribution is -2.22. The summed E-state index contributed by atoms with van der Waals surface area (Å²) in [5.74, 6) is -1.05. The number of rotatable bonds is 4. The van der Waals surface area contributed by atoms with Gasteiger partial charge in [0.25, 0.3) is 0 Å². The molecule has 100 valence electrons. The summed E-state index contributed by atoms with van der Waals surface area (Å²) in [5, 5.41) is 10.1. The lowest BCUT2D eigenvalue weighted by Gasteiger charge is -2.05. The van der Waals surface area contributed by atoms with Crippen LogP contribution in [0.3, 0.4) is 0 Å². The number of fused-ring (bicyclic) bond motifs is 1. The van der Waals surface area contributed by atoms with E-state index in [0.717, 1.165) is 10.8 Å². The molecule has 0 aromatic heterocycles. The number of amides is 1.